The minimum atomic E-state index is -1.63. The predicted molar refractivity (Wildman–Crippen MR) is 61.2 cm³/mol. The van der Waals surface area contributed by atoms with Crippen molar-refractivity contribution in [1.82, 2.24) is 4.98 Å². The molecule has 1 unspecified atom stereocenters. The van der Waals surface area contributed by atoms with Gasteiger partial charge in [0.2, 0.25) is 5.88 Å². The Bertz CT molecular complexity index is 604. The number of aliphatic hydroxyl groups excluding tert-OH is 1. The van der Waals surface area contributed by atoms with Gasteiger partial charge in [-0.25, -0.2) is 18.2 Å². The maximum atomic E-state index is 13.6. The van der Waals surface area contributed by atoms with Gasteiger partial charge in [-0.05, 0) is 18.2 Å². The Morgan fingerprint density at radius 3 is 2.53 bits per heavy atom. The summed E-state index contributed by atoms with van der Waals surface area (Å²) in [4.78, 5) is 3.84. The molecule has 6 heteroatoms. The highest BCUT2D eigenvalue weighted by atomic mass is 19.2. The van der Waals surface area contributed by atoms with Gasteiger partial charge in [0, 0.05) is 17.3 Å². The molecule has 19 heavy (non-hydrogen) atoms. The SMILES string of the molecule is COc1ncccc1C(O)c1ccc(F)c(F)c1F. The summed E-state index contributed by atoms with van der Waals surface area (Å²) in [6, 6.07) is 4.70. The molecule has 3 nitrogen and oxygen atoms in total. The van der Waals surface area contributed by atoms with Crippen LogP contribution in [0.2, 0.25) is 0 Å². The summed E-state index contributed by atoms with van der Waals surface area (Å²) >= 11 is 0. The minimum Gasteiger partial charge on any atom is -0.481 e. The van der Waals surface area contributed by atoms with E-state index in [0.29, 0.717) is 0 Å². The lowest BCUT2D eigenvalue weighted by molar-refractivity contribution is 0.206. The summed E-state index contributed by atoms with van der Waals surface area (Å²) < 4.78 is 44.5. The summed E-state index contributed by atoms with van der Waals surface area (Å²) in [7, 11) is 1.33. The smallest absolute Gasteiger partial charge is 0.219 e. The first-order valence-electron chi connectivity index (χ1n) is 5.36. The van der Waals surface area contributed by atoms with Crippen LogP contribution in [0.25, 0.3) is 0 Å². The lowest BCUT2D eigenvalue weighted by Gasteiger charge is -2.15. The van der Waals surface area contributed by atoms with Gasteiger partial charge in [0.25, 0.3) is 0 Å². The van der Waals surface area contributed by atoms with Crippen LogP contribution < -0.4 is 4.74 Å². The summed E-state index contributed by atoms with van der Waals surface area (Å²) in [5.41, 5.74) is -0.222. The van der Waals surface area contributed by atoms with E-state index in [9.17, 15) is 18.3 Å². The Morgan fingerprint density at radius 2 is 1.84 bits per heavy atom. The number of benzene rings is 1. The summed E-state index contributed by atoms with van der Waals surface area (Å²) in [6.07, 6.45) is -0.0739. The van der Waals surface area contributed by atoms with Crippen molar-refractivity contribution in [1.29, 1.82) is 0 Å². The van der Waals surface area contributed by atoms with Crippen LogP contribution in [-0.4, -0.2) is 17.2 Å². The number of aromatic nitrogens is 1. The number of nitrogens with zero attached hydrogens (tertiary/aromatic N) is 1. The van der Waals surface area contributed by atoms with Crippen molar-refractivity contribution in [2.24, 2.45) is 0 Å². The first-order valence-corrected chi connectivity index (χ1v) is 5.36. The van der Waals surface area contributed by atoms with Gasteiger partial charge in [-0.2, -0.15) is 0 Å². The van der Waals surface area contributed by atoms with Gasteiger partial charge in [0.05, 0.1) is 7.11 Å². The fraction of sp³-hybridized carbons (Fsp3) is 0.154. The van der Waals surface area contributed by atoms with Crippen LogP contribution in [0.3, 0.4) is 0 Å². The van der Waals surface area contributed by atoms with Crippen molar-refractivity contribution in [3.05, 3.63) is 59.0 Å². The molecule has 0 aliphatic carbocycles. The standard InChI is InChI=1S/C13H10F3NO2/c1-19-13-8(3-2-6-17-13)12(18)7-4-5-9(14)11(16)10(7)15/h2-6,12,18H,1H3. The van der Waals surface area contributed by atoms with Crippen LogP contribution in [-0.2, 0) is 0 Å². The van der Waals surface area contributed by atoms with Gasteiger partial charge in [-0.3, -0.25) is 0 Å². The molecule has 0 aliphatic heterocycles. The molecule has 0 saturated heterocycles. The molecule has 1 heterocycles. The average molecular weight is 269 g/mol. The van der Waals surface area contributed by atoms with Crippen molar-refractivity contribution in [2.45, 2.75) is 6.10 Å². The highest BCUT2D eigenvalue weighted by Gasteiger charge is 2.23. The Balaban J connectivity index is 2.50. The van der Waals surface area contributed by atoms with Crippen LogP contribution >= 0.6 is 0 Å². The Morgan fingerprint density at radius 1 is 1.11 bits per heavy atom. The molecule has 0 spiro atoms. The van der Waals surface area contributed by atoms with Crippen molar-refractivity contribution in [3.63, 3.8) is 0 Å². The molecular formula is C13H10F3NO2. The first-order chi connectivity index (χ1) is 9.06. The maximum absolute atomic E-state index is 13.6. The van der Waals surface area contributed by atoms with E-state index in [1.165, 1.54) is 25.4 Å². The van der Waals surface area contributed by atoms with Crippen LogP contribution in [0.4, 0.5) is 13.2 Å². The Kier molecular flexibility index (Phi) is 3.71. The maximum Gasteiger partial charge on any atom is 0.219 e. The fourth-order valence-electron chi connectivity index (χ4n) is 1.70. The van der Waals surface area contributed by atoms with E-state index < -0.39 is 23.6 Å². The second-order valence-corrected chi connectivity index (χ2v) is 3.77. The largest absolute Gasteiger partial charge is 0.481 e. The van der Waals surface area contributed by atoms with Crippen LogP contribution in [0.15, 0.2) is 30.5 Å². The second kappa shape index (κ2) is 5.27. The number of methoxy groups -OCH3 is 1. The average Bonchev–Trinajstić information content (AvgIpc) is 2.44. The summed E-state index contributed by atoms with van der Waals surface area (Å²) in [6.45, 7) is 0. The zero-order chi connectivity index (χ0) is 14.0. The van der Waals surface area contributed by atoms with Crippen molar-refractivity contribution in [2.75, 3.05) is 7.11 Å². The summed E-state index contributed by atoms with van der Waals surface area (Å²) in [5.74, 6) is -4.29. The first kappa shape index (κ1) is 13.4. The molecule has 1 atom stereocenters. The van der Waals surface area contributed by atoms with Crippen molar-refractivity contribution < 1.29 is 23.0 Å². The van der Waals surface area contributed by atoms with E-state index in [-0.39, 0.29) is 17.0 Å². The third kappa shape index (κ3) is 2.39. The molecule has 0 radical (unpaired) electrons. The number of rotatable bonds is 3. The molecule has 0 saturated carbocycles. The van der Waals surface area contributed by atoms with Crippen LogP contribution in [0.5, 0.6) is 5.88 Å². The van der Waals surface area contributed by atoms with Crippen LogP contribution in [0, 0.1) is 17.5 Å². The third-order valence-electron chi connectivity index (χ3n) is 2.65. The molecule has 0 amide bonds. The molecule has 0 fully saturated rings. The van der Waals surface area contributed by atoms with Gasteiger partial charge in [-0.15, -0.1) is 0 Å². The molecular weight excluding hydrogens is 259 g/mol. The quantitative estimate of drug-likeness (QED) is 0.871. The monoisotopic (exact) mass is 269 g/mol. The van der Waals surface area contributed by atoms with Crippen LogP contribution in [0.1, 0.15) is 17.2 Å². The minimum absolute atomic E-state index is 0.0825. The molecule has 2 aromatic rings. The Hall–Kier alpha value is -2.08. The highest BCUT2D eigenvalue weighted by Crippen LogP contribution is 2.30. The van der Waals surface area contributed by atoms with E-state index in [2.05, 4.69) is 4.98 Å². The van der Waals surface area contributed by atoms with Gasteiger partial charge in [-0.1, -0.05) is 6.07 Å². The normalized spacial score (nSPS) is 12.3. The molecule has 1 aromatic carbocycles. The van der Waals surface area contributed by atoms with E-state index >= 15 is 0 Å². The van der Waals surface area contributed by atoms with Gasteiger partial charge in [0.15, 0.2) is 17.5 Å². The molecule has 100 valence electrons. The molecule has 1 aromatic heterocycles. The van der Waals surface area contributed by atoms with Crippen molar-refractivity contribution >= 4 is 0 Å². The summed E-state index contributed by atoms with van der Waals surface area (Å²) in [5, 5.41) is 10.1. The van der Waals surface area contributed by atoms with E-state index in [1.807, 2.05) is 0 Å². The third-order valence-corrected chi connectivity index (χ3v) is 2.65. The number of halogens is 3. The zero-order valence-corrected chi connectivity index (χ0v) is 9.90. The number of hydrogen-bond acceptors (Lipinski definition) is 3. The zero-order valence-electron chi connectivity index (χ0n) is 9.90. The molecule has 0 aliphatic rings. The highest BCUT2D eigenvalue weighted by molar-refractivity contribution is 5.36. The number of aliphatic hydroxyl groups is 1. The number of hydrogen-bond donors (Lipinski definition) is 1. The molecule has 1 N–H and O–H groups in total. The van der Waals surface area contributed by atoms with E-state index in [0.717, 1.165) is 12.1 Å². The van der Waals surface area contributed by atoms with Gasteiger partial charge >= 0.3 is 0 Å². The van der Waals surface area contributed by atoms with Gasteiger partial charge < -0.3 is 9.84 Å². The molecule has 2 rings (SSSR count). The number of ether oxygens (including phenoxy) is 1. The Labute approximate surface area is 107 Å². The van der Waals surface area contributed by atoms with Crippen molar-refractivity contribution in [3.8, 4) is 5.88 Å². The number of pyridine rings is 1. The lowest BCUT2D eigenvalue weighted by atomic mass is 10.0. The van der Waals surface area contributed by atoms with E-state index in [4.69, 9.17) is 4.74 Å². The lowest BCUT2D eigenvalue weighted by Crippen LogP contribution is -2.07. The fourth-order valence-corrected chi connectivity index (χ4v) is 1.70. The topological polar surface area (TPSA) is 42.4 Å². The molecule has 0 bridgehead atoms. The predicted octanol–water partition coefficient (Wildman–Crippen LogP) is 2.59. The second-order valence-electron chi connectivity index (χ2n) is 3.77. The van der Waals surface area contributed by atoms with Gasteiger partial charge in [0.1, 0.15) is 6.10 Å². The van der Waals surface area contributed by atoms with E-state index in [1.54, 1.807) is 0 Å².